The third kappa shape index (κ3) is 4.14. The molecule has 3 aromatic rings. The minimum Gasteiger partial charge on any atom is -0.497 e. The lowest BCUT2D eigenvalue weighted by atomic mass is 9.77. The van der Waals surface area contributed by atoms with Crippen molar-refractivity contribution in [1.29, 1.82) is 0 Å². The van der Waals surface area contributed by atoms with Gasteiger partial charge >= 0.3 is 0 Å². The number of fused-ring (bicyclic) bond motifs is 2. The summed E-state index contributed by atoms with van der Waals surface area (Å²) >= 11 is 1.29. The summed E-state index contributed by atoms with van der Waals surface area (Å²) in [7, 11) is 1.62. The number of methoxy groups -OCH3 is 1. The van der Waals surface area contributed by atoms with Crippen LogP contribution in [0.25, 0.3) is 10.6 Å². The van der Waals surface area contributed by atoms with Gasteiger partial charge in [0.1, 0.15) is 10.8 Å². The quantitative estimate of drug-likeness (QED) is 0.505. The van der Waals surface area contributed by atoms with E-state index >= 15 is 0 Å². The van der Waals surface area contributed by atoms with Crippen LogP contribution in [0.4, 0.5) is 10.8 Å². The molecule has 1 saturated carbocycles. The molecule has 2 amide bonds. The van der Waals surface area contributed by atoms with Crippen LogP contribution < -0.4 is 15.4 Å². The molecule has 8 heteroatoms. The van der Waals surface area contributed by atoms with Crippen molar-refractivity contribution in [3.63, 3.8) is 0 Å². The van der Waals surface area contributed by atoms with Gasteiger partial charge in [0.25, 0.3) is 5.91 Å². The fourth-order valence-corrected chi connectivity index (χ4v) is 5.40. The van der Waals surface area contributed by atoms with E-state index in [9.17, 15) is 9.59 Å². The van der Waals surface area contributed by atoms with Gasteiger partial charge in [-0.3, -0.25) is 14.9 Å². The molecule has 3 atom stereocenters. The number of nitrogens with zero attached hydrogens (tertiary/aromatic N) is 2. The Labute approximate surface area is 195 Å². The SMILES string of the molecule is COc1ccc(-c2nnc(NC(=O)c3cccc(NC(=O)[C@]4(C)C[C@H]5C=C[C@H]4C5)c3)s2)cc1. The van der Waals surface area contributed by atoms with Crippen LogP contribution in [0.15, 0.2) is 60.7 Å². The molecule has 2 aliphatic rings. The molecule has 2 aromatic carbocycles. The van der Waals surface area contributed by atoms with Gasteiger partial charge in [-0.05, 0) is 67.1 Å². The Balaban J connectivity index is 1.25. The van der Waals surface area contributed by atoms with E-state index in [4.69, 9.17) is 4.74 Å². The topological polar surface area (TPSA) is 93.2 Å². The molecule has 2 aliphatic carbocycles. The zero-order chi connectivity index (χ0) is 23.0. The molecule has 168 valence electrons. The van der Waals surface area contributed by atoms with Crippen molar-refractivity contribution in [1.82, 2.24) is 10.2 Å². The Bertz CT molecular complexity index is 1240. The summed E-state index contributed by atoms with van der Waals surface area (Å²) in [5.74, 6) is 1.24. The highest BCUT2D eigenvalue weighted by molar-refractivity contribution is 7.18. The maximum atomic E-state index is 13.0. The van der Waals surface area contributed by atoms with Gasteiger partial charge in [0.2, 0.25) is 11.0 Å². The number of carbonyl (C=O) groups excluding carboxylic acids is 2. The van der Waals surface area contributed by atoms with Crippen LogP contribution in [-0.4, -0.2) is 29.1 Å². The average Bonchev–Trinajstić information content (AvgIpc) is 3.56. The van der Waals surface area contributed by atoms with Crippen LogP contribution in [0, 0.1) is 17.3 Å². The second-order valence-corrected chi connectivity index (χ2v) is 9.72. The van der Waals surface area contributed by atoms with Crippen LogP contribution >= 0.6 is 11.3 Å². The molecule has 0 saturated heterocycles. The first-order valence-corrected chi connectivity index (χ1v) is 11.7. The van der Waals surface area contributed by atoms with Crippen molar-refractivity contribution in [2.45, 2.75) is 19.8 Å². The van der Waals surface area contributed by atoms with Crippen molar-refractivity contribution in [3.05, 3.63) is 66.2 Å². The predicted molar refractivity (Wildman–Crippen MR) is 128 cm³/mol. The average molecular weight is 461 g/mol. The molecule has 7 nitrogen and oxygen atoms in total. The Hall–Kier alpha value is -3.52. The monoisotopic (exact) mass is 460 g/mol. The van der Waals surface area contributed by atoms with E-state index in [1.165, 1.54) is 11.3 Å². The van der Waals surface area contributed by atoms with Crippen molar-refractivity contribution in [2.75, 3.05) is 17.7 Å². The molecule has 2 bridgehead atoms. The molecular formula is C25H24N4O3S. The lowest BCUT2D eigenvalue weighted by Gasteiger charge is -2.29. The van der Waals surface area contributed by atoms with Gasteiger partial charge in [0, 0.05) is 16.8 Å². The number of nitrogens with one attached hydrogen (secondary N) is 2. The minimum atomic E-state index is -0.401. The lowest BCUT2D eigenvalue weighted by molar-refractivity contribution is -0.126. The Morgan fingerprint density at radius 2 is 1.91 bits per heavy atom. The summed E-state index contributed by atoms with van der Waals surface area (Å²) in [4.78, 5) is 25.8. The zero-order valence-electron chi connectivity index (χ0n) is 18.4. The highest BCUT2D eigenvalue weighted by atomic mass is 32.1. The molecule has 1 aromatic heterocycles. The summed E-state index contributed by atoms with van der Waals surface area (Å²) < 4.78 is 5.17. The molecular weight excluding hydrogens is 436 g/mol. The van der Waals surface area contributed by atoms with E-state index in [0.29, 0.717) is 27.3 Å². The van der Waals surface area contributed by atoms with Gasteiger partial charge in [-0.15, -0.1) is 10.2 Å². The van der Waals surface area contributed by atoms with Crippen molar-refractivity contribution in [2.24, 2.45) is 17.3 Å². The van der Waals surface area contributed by atoms with Crippen LogP contribution in [0.2, 0.25) is 0 Å². The summed E-state index contributed by atoms with van der Waals surface area (Å²) in [6.07, 6.45) is 6.30. The standard InChI is InChI=1S/C25H24N4O3S/c1-25(14-15-6-9-18(25)12-15)23(31)26-19-5-3-4-17(13-19)21(30)27-24-29-28-22(33-24)16-7-10-20(32-2)11-8-16/h3-11,13,15,18H,12,14H2,1-2H3,(H,26,31)(H,27,29,30)/t15-,18-,25+/m0/s1. The number of ether oxygens (including phenoxy) is 1. The van der Waals surface area contributed by atoms with E-state index in [2.05, 4.69) is 33.0 Å². The molecule has 0 radical (unpaired) electrons. The largest absolute Gasteiger partial charge is 0.497 e. The minimum absolute atomic E-state index is 0.00478. The Kier molecular flexibility index (Phi) is 5.46. The zero-order valence-corrected chi connectivity index (χ0v) is 19.2. The fourth-order valence-electron chi connectivity index (χ4n) is 4.66. The number of benzene rings is 2. The van der Waals surface area contributed by atoms with E-state index in [0.717, 1.165) is 24.2 Å². The molecule has 1 heterocycles. The number of hydrogen-bond donors (Lipinski definition) is 2. The molecule has 5 rings (SSSR count). The predicted octanol–water partition coefficient (Wildman–Crippen LogP) is 5.01. The highest BCUT2D eigenvalue weighted by Gasteiger charge is 2.49. The summed E-state index contributed by atoms with van der Waals surface area (Å²) in [6, 6.07) is 14.4. The molecule has 0 unspecified atom stereocenters. The first-order valence-electron chi connectivity index (χ1n) is 10.8. The van der Waals surface area contributed by atoms with Crippen molar-refractivity contribution in [3.8, 4) is 16.3 Å². The Morgan fingerprint density at radius 3 is 2.61 bits per heavy atom. The third-order valence-electron chi connectivity index (χ3n) is 6.56. The third-order valence-corrected chi connectivity index (χ3v) is 7.45. The van der Waals surface area contributed by atoms with Crippen LogP contribution in [0.5, 0.6) is 5.75 Å². The summed E-state index contributed by atoms with van der Waals surface area (Å²) in [6.45, 7) is 2.03. The van der Waals surface area contributed by atoms with Gasteiger partial charge < -0.3 is 10.1 Å². The first-order chi connectivity index (χ1) is 15.9. The number of hydrogen-bond acceptors (Lipinski definition) is 6. The molecule has 2 N–H and O–H groups in total. The van der Waals surface area contributed by atoms with Gasteiger partial charge in [-0.1, -0.05) is 36.5 Å². The summed E-state index contributed by atoms with van der Waals surface area (Å²) in [5, 5.41) is 15.2. The van der Waals surface area contributed by atoms with Crippen LogP contribution in [-0.2, 0) is 4.79 Å². The van der Waals surface area contributed by atoms with Gasteiger partial charge in [-0.2, -0.15) is 0 Å². The number of anilines is 2. The Morgan fingerprint density at radius 1 is 1.09 bits per heavy atom. The molecule has 33 heavy (non-hydrogen) atoms. The lowest BCUT2D eigenvalue weighted by Crippen LogP contribution is -2.36. The van der Waals surface area contributed by atoms with Crippen molar-refractivity contribution >= 4 is 34.0 Å². The number of amides is 2. The molecule has 0 aliphatic heterocycles. The van der Waals surface area contributed by atoms with E-state index < -0.39 is 5.41 Å². The normalized spacial score (nSPS) is 22.8. The van der Waals surface area contributed by atoms with Gasteiger partial charge in [0.15, 0.2) is 0 Å². The van der Waals surface area contributed by atoms with E-state index in [-0.39, 0.29) is 17.7 Å². The van der Waals surface area contributed by atoms with E-state index in [1.54, 1.807) is 31.4 Å². The van der Waals surface area contributed by atoms with Crippen LogP contribution in [0.3, 0.4) is 0 Å². The van der Waals surface area contributed by atoms with Gasteiger partial charge in [0.05, 0.1) is 12.5 Å². The molecule has 0 spiro atoms. The first kappa shape index (κ1) is 21.3. The molecule has 1 fully saturated rings. The number of allylic oxidation sites excluding steroid dienone is 2. The maximum absolute atomic E-state index is 13.0. The maximum Gasteiger partial charge on any atom is 0.257 e. The fraction of sp³-hybridized carbons (Fsp3) is 0.280. The van der Waals surface area contributed by atoms with E-state index in [1.807, 2.05) is 31.2 Å². The smallest absolute Gasteiger partial charge is 0.257 e. The number of rotatable bonds is 6. The second kappa shape index (κ2) is 8.44. The second-order valence-electron chi connectivity index (χ2n) is 8.74. The van der Waals surface area contributed by atoms with Crippen molar-refractivity contribution < 1.29 is 14.3 Å². The van der Waals surface area contributed by atoms with Crippen LogP contribution in [0.1, 0.15) is 30.1 Å². The summed E-state index contributed by atoms with van der Waals surface area (Å²) in [5.41, 5.74) is 1.54. The number of carbonyl (C=O) groups is 2. The highest BCUT2D eigenvalue weighted by Crippen LogP contribution is 2.52. The van der Waals surface area contributed by atoms with Gasteiger partial charge in [-0.25, -0.2) is 0 Å². The number of aromatic nitrogens is 2.